The molecule has 0 heterocycles. The van der Waals surface area contributed by atoms with Crippen LogP contribution in [0.5, 0.6) is 0 Å². The van der Waals surface area contributed by atoms with Gasteiger partial charge in [0.05, 0.1) is 12.7 Å². The van der Waals surface area contributed by atoms with Gasteiger partial charge in [-0.3, -0.25) is 0 Å². The van der Waals surface area contributed by atoms with Crippen LogP contribution < -0.4 is 0 Å². The monoisotopic (exact) mass is 334 g/mol. The Bertz CT molecular complexity index is 320. The number of aliphatic hydroxyl groups is 2. The summed E-state index contributed by atoms with van der Waals surface area (Å²) >= 11 is 0. The number of aliphatic hydroxyl groups excluding tert-OH is 2. The van der Waals surface area contributed by atoms with Crippen LogP contribution in [0.3, 0.4) is 0 Å². The van der Waals surface area contributed by atoms with Gasteiger partial charge in [-0.2, -0.15) is 0 Å². The maximum atomic E-state index is 12.3. The molecule has 0 saturated carbocycles. The Balaban J connectivity index is 5.60. The van der Waals surface area contributed by atoms with Crippen molar-refractivity contribution in [3.05, 3.63) is 0 Å². The van der Waals surface area contributed by atoms with Gasteiger partial charge < -0.3 is 19.4 Å². The minimum atomic E-state index is -2.36. The lowest BCUT2D eigenvalue weighted by molar-refractivity contribution is -0.163. The molecule has 132 valence electrons. The van der Waals surface area contributed by atoms with E-state index in [1.807, 2.05) is 0 Å². The number of ether oxygens (including phenoxy) is 1. The fraction of sp³-hybridized carbons (Fsp3) is 0.938. The van der Waals surface area contributed by atoms with Crippen LogP contribution in [0.15, 0.2) is 0 Å². The van der Waals surface area contributed by atoms with E-state index in [0.29, 0.717) is 0 Å². The number of esters is 1. The molecule has 0 aromatic carbocycles. The van der Waals surface area contributed by atoms with Crippen molar-refractivity contribution in [1.82, 2.24) is 0 Å². The molecular formula is C16H34O5Si. The van der Waals surface area contributed by atoms with Gasteiger partial charge in [0.2, 0.25) is 8.32 Å². The highest BCUT2D eigenvalue weighted by Gasteiger charge is 2.49. The highest BCUT2D eigenvalue weighted by Crippen LogP contribution is 2.43. The van der Waals surface area contributed by atoms with Crippen molar-refractivity contribution >= 4 is 14.3 Å². The topological polar surface area (TPSA) is 76.0 Å². The van der Waals surface area contributed by atoms with E-state index in [1.54, 1.807) is 13.8 Å². The molecule has 6 heteroatoms. The second-order valence-corrected chi connectivity index (χ2v) is 12.5. The van der Waals surface area contributed by atoms with Crippen LogP contribution in [-0.2, 0) is 14.0 Å². The SMILES string of the molecule is CC(C)OC(=O)[C@@H](O[Si](C(C)C)(C(C)C)C(C)C)[C@H](O)CO. The fourth-order valence-electron chi connectivity index (χ4n) is 3.31. The van der Waals surface area contributed by atoms with Crippen molar-refractivity contribution in [3.8, 4) is 0 Å². The van der Waals surface area contributed by atoms with Gasteiger partial charge in [-0.15, -0.1) is 0 Å². The second kappa shape index (κ2) is 9.01. The molecule has 0 aromatic rings. The number of hydrogen-bond donors (Lipinski definition) is 2. The van der Waals surface area contributed by atoms with Crippen molar-refractivity contribution in [3.63, 3.8) is 0 Å². The third kappa shape index (κ3) is 5.04. The van der Waals surface area contributed by atoms with Gasteiger partial charge >= 0.3 is 5.97 Å². The van der Waals surface area contributed by atoms with Crippen LogP contribution in [-0.4, -0.2) is 49.4 Å². The summed E-state index contributed by atoms with van der Waals surface area (Å²) in [6, 6.07) is 0. The Hall–Kier alpha value is -0.433. The highest BCUT2D eigenvalue weighted by molar-refractivity contribution is 6.77. The first-order valence-corrected chi connectivity index (χ1v) is 10.3. The lowest BCUT2D eigenvalue weighted by atomic mass is 10.2. The Morgan fingerprint density at radius 2 is 1.36 bits per heavy atom. The summed E-state index contributed by atoms with van der Waals surface area (Å²) in [5.41, 5.74) is 0.813. The summed E-state index contributed by atoms with van der Waals surface area (Å²) in [5.74, 6) is -0.602. The fourth-order valence-corrected chi connectivity index (χ4v) is 8.82. The molecule has 0 aliphatic heterocycles. The van der Waals surface area contributed by atoms with Crippen LogP contribution in [0.4, 0.5) is 0 Å². The number of carbonyl (C=O) groups excluding carboxylic acids is 1. The molecule has 0 bridgehead atoms. The van der Waals surface area contributed by atoms with Crippen molar-refractivity contribution in [1.29, 1.82) is 0 Å². The van der Waals surface area contributed by atoms with Crippen LogP contribution in [0.1, 0.15) is 55.4 Å². The van der Waals surface area contributed by atoms with E-state index in [-0.39, 0.29) is 22.7 Å². The van der Waals surface area contributed by atoms with Crippen LogP contribution >= 0.6 is 0 Å². The summed E-state index contributed by atoms with van der Waals surface area (Å²) in [5, 5.41) is 19.3. The molecule has 2 atom stereocenters. The lowest BCUT2D eigenvalue weighted by Crippen LogP contribution is -2.55. The van der Waals surface area contributed by atoms with Crippen molar-refractivity contribution in [2.75, 3.05) is 6.61 Å². The molecule has 0 amide bonds. The van der Waals surface area contributed by atoms with E-state index in [4.69, 9.17) is 9.16 Å². The van der Waals surface area contributed by atoms with Crippen molar-refractivity contribution in [2.24, 2.45) is 0 Å². The van der Waals surface area contributed by atoms with E-state index in [1.165, 1.54) is 0 Å². The molecule has 0 spiro atoms. The van der Waals surface area contributed by atoms with Crippen molar-refractivity contribution < 1.29 is 24.2 Å². The number of rotatable bonds is 9. The molecular weight excluding hydrogens is 300 g/mol. The minimum Gasteiger partial charge on any atom is -0.461 e. The smallest absolute Gasteiger partial charge is 0.337 e. The van der Waals surface area contributed by atoms with Gasteiger partial charge in [0.25, 0.3) is 0 Å². The first-order valence-electron chi connectivity index (χ1n) is 8.17. The molecule has 0 aliphatic carbocycles. The molecule has 5 nitrogen and oxygen atoms in total. The first-order chi connectivity index (χ1) is 10.00. The van der Waals surface area contributed by atoms with Gasteiger partial charge in [0.1, 0.15) is 6.10 Å². The van der Waals surface area contributed by atoms with Gasteiger partial charge in [-0.25, -0.2) is 4.79 Å². The van der Waals surface area contributed by atoms with Gasteiger partial charge in [-0.05, 0) is 30.5 Å². The molecule has 0 aliphatic rings. The van der Waals surface area contributed by atoms with E-state index < -0.39 is 33.1 Å². The van der Waals surface area contributed by atoms with Gasteiger partial charge in [-0.1, -0.05) is 41.5 Å². The van der Waals surface area contributed by atoms with E-state index >= 15 is 0 Å². The third-order valence-corrected chi connectivity index (χ3v) is 10.2. The highest BCUT2D eigenvalue weighted by atomic mass is 28.4. The van der Waals surface area contributed by atoms with E-state index in [9.17, 15) is 15.0 Å². The summed E-state index contributed by atoms with van der Waals surface area (Å²) < 4.78 is 11.5. The van der Waals surface area contributed by atoms with Gasteiger partial charge in [0, 0.05) is 0 Å². The molecule has 0 fully saturated rings. The Morgan fingerprint density at radius 1 is 0.955 bits per heavy atom. The quantitative estimate of drug-likeness (QED) is 0.501. The van der Waals surface area contributed by atoms with Gasteiger partial charge in [0.15, 0.2) is 6.10 Å². The molecule has 0 radical (unpaired) electrons. The maximum Gasteiger partial charge on any atom is 0.337 e. The molecule has 0 rings (SSSR count). The largest absolute Gasteiger partial charge is 0.461 e. The normalized spacial score (nSPS) is 15.7. The second-order valence-electron chi connectivity index (χ2n) is 7.09. The Kier molecular flexibility index (Phi) is 8.83. The van der Waals surface area contributed by atoms with E-state index in [2.05, 4.69) is 41.5 Å². The zero-order valence-electron chi connectivity index (χ0n) is 15.3. The summed E-state index contributed by atoms with van der Waals surface area (Å²) in [7, 11) is -2.36. The zero-order valence-corrected chi connectivity index (χ0v) is 16.3. The lowest BCUT2D eigenvalue weighted by Gasteiger charge is -2.44. The summed E-state index contributed by atoms with van der Waals surface area (Å²) in [4.78, 5) is 12.3. The average Bonchev–Trinajstić information content (AvgIpc) is 2.36. The zero-order chi connectivity index (χ0) is 17.7. The molecule has 0 unspecified atom stereocenters. The number of hydrogen-bond acceptors (Lipinski definition) is 5. The predicted molar refractivity (Wildman–Crippen MR) is 90.2 cm³/mol. The van der Waals surface area contributed by atoms with Crippen molar-refractivity contribution in [2.45, 2.75) is 90.3 Å². The standard InChI is InChI=1S/C16H34O5Si/c1-10(2)20-16(19)15(14(18)9-17)21-22(11(3)4,12(5)6)13(7)8/h10-15,17-18H,9H2,1-8H3/t14-,15+/m1/s1. The Labute approximate surface area is 136 Å². The first kappa shape index (κ1) is 21.6. The predicted octanol–water partition coefficient (Wildman–Crippen LogP) is 2.85. The molecule has 0 aromatic heterocycles. The van der Waals surface area contributed by atoms with Crippen LogP contribution in [0, 0.1) is 0 Å². The summed E-state index contributed by atoms with van der Waals surface area (Å²) in [6.45, 7) is 15.6. The van der Waals surface area contributed by atoms with Crippen LogP contribution in [0.2, 0.25) is 16.6 Å². The number of carbonyl (C=O) groups is 1. The van der Waals surface area contributed by atoms with Crippen LogP contribution in [0.25, 0.3) is 0 Å². The third-order valence-electron chi connectivity index (χ3n) is 4.16. The maximum absolute atomic E-state index is 12.3. The Morgan fingerprint density at radius 3 is 1.64 bits per heavy atom. The molecule has 0 saturated heterocycles. The molecule has 22 heavy (non-hydrogen) atoms. The van der Waals surface area contributed by atoms with E-state index in [0.717, 1.165) is 0 Å². The minimum absolute atomic E-state index is 0.271. The average molecular weight is 335 g/mol. The summed E-state index contributed by atoms with van der Waals surface area (Å²) in [6.07, 6.45) is -2.70. The molecule has 2 N–H and O–H groups in total.